The van der Waals surface area contributed by atoms with Crippen molar-refractivity contribution >= 4 is 32.3 Å². The highest BCUT2D eigenvalue weighted by atomic mass is 14.9. The first-order valence-electron chi connectivity index (χ1n) is 16.7. The summed E-state index contributed by atoms with van der Waals surface area (Å²) in [4.78, 5) is 10.3. The molecule has 8 aromatic carbocycles. The molecule has 0 aliphatic rings. The van der Waals surface area contributed by atoms with Crippen LogP contribution < -0.4 is 0 Å². The van der Waals surface area contributed by atoms with Crippen LogP contribution in [0.5, 0.6) is 0 Å². The monoisotopic (exact) mass is 635 g/mol. The Balaban J connectivity index is 1.23. The van der Waals surface area contributed by atoms with Gasteiger partial charge in [0.2, 0.25) is 0 Å². The van der Waals surface area contributed by atoms with Crippen molar-refractivity contribution in [2.45, 2.75) is 0 Å². The van der Waals surface area contributed by atoms with E-state index in [1.54, 1.807) is 0 Å². The second kappa shape index (κ2) is 12.3. The normalized spacial score (nSPS) is 11.2. The molecule has 3 nitrogen and oxygen atoms in total. The fourth-order valence-corrected chi connectivity index (χ4v) is 7.02. The molecule has 0 saturated carbocycles. The summed E-state index contributed by atoms with van der Waals surface area (Å²) in [5.74, 6) is 0.675. The third-order valence-corrected chi connectivity index (χ3v) is 9.48. The Labute approximate surface area is 290 Å². The first-order valence-corrected chi connectivity index (χ1v) is 16.7. The highest BCUT2D eigenvalue weighted by molar-refractivity contribution is 6.20. The zero-order chi connectivity index (χ0) is 33.4. The maximum Gasteiger partial charge on any atom is 0.160 e. The van der Waals surface area contributed by atoms with Crippen molar-refractivity contribution in [1.82, 2.24) is 9.97 Å². The Morgan fingerprint density at radius 3 is 1.70 bits per heavy atom. The lowest BCUT2D eigenvalue weighted by atomic mass is 9.89. The summed E-state index contributed by atoms with van der Waals surface area (Å²) >= 11 is 0. The van der Waals surface area contributed by atoms with Gasteiger partial charge in [0.05, 0.1) is 23.0 Å². The average Bonchev–Trinajstić information content (AvgIpc) is 3.20. The molecule has 0 saturated heterocycles. The van der Waals surface area contributed by atoms with Crippen LogP contribution in [0.2, 0.25) is 0 Å². The number of nitrogens with zero attached hydrogens (tertiary/aromatic N) is 3. The van der Waals surface area contributed by atoms with Crippen molar-refractivity contribution in [3.63, 3.8) is 0 Å². The van der Waals surface area contributed by atoms with E-state index < -0.39 is 0 Å². The van der Waals surface area contributed by atoms with Crippen LogP contribution in [0.4, 0.5) is 0 Å². The summed E-state index contributed by atoms with van der Waals surface area (Å²) < 4.78 is 0. The van der Waals surface area contributed by atoms with E-state index in [1.807, 2.05) is 42.5 Å². The van der Waals surface area contributed by atoms with E-state index in [2.05, 4.69) is 140 Å². The molecule has 1 heterocycles. The minimum atomic E-state index is 0.643. The van der Waals surface area contributed by atoms with Crippen LogP contribution in [0.3, 0.4) is 0 Å². The third kappa shape index (κ3) is 5.26. The zero-order valence-corrected chi connectivity index (χ0v) is 27.1. The lowest BCUT2D eigenvalue weighted by Gasteiger charge is -2.15. The number of benzene rings is 8. The van der Waals surface area contributed by atoms with Crippen molar-refractivity contribution in [2.75, 3.05) is 0 Å². The molecule has 232 valence electrons. The molecule has 0 N–H and O–H groups in total. The highest BCUT2D eigenvalue weighted by Gasteiger charge is 2.15. The third-order valence-electron chi connectivity index (χ3n) is 9.48. The van der Waals surface area contributed by atoms with Gasteiger partial charge in [0.15, 0.2) is 5.82 Å². The standard InChI is InChI=1S/C47H29N3/c48-30-31-20-22-32(23-21-31)35-14-8-15-37(26-35)44-29-45(50-47(49-44)34-11-2-1-3-12-34)38-16-9-17-39(27-38)46-41-19-7-5-13-36(41)28-43-40-18-6-4-10-33(40)24-25-42(43)46/h1-29H. The molecular weight excluding hydrogens is 607 g/mol. The SMILES string of the molecule is N#Cc1ccc(-c2cccc(-c3cc(-c4cccc(-c5c6ccccc6cc6c5ccc5ccccc56)c4)nc(-c4ccccc4)n3)c2)cc1. The second-order valence-corrected chi connectivity index (χ2v) is 12.5. The predicted octanol–water partition coefficient (Wildman–Crippen LogP) is 12.1. The summed E-state index contributed by atoms with van der Waals surface area (Å²) in [6, 6.07) is 63.4. The highest BCUT2D eigenvalue weighted by Crippen LogP contribution is 2.40. The van der Waals surface area contributed by atoms with Crippen LogP contribution >= 0.6 is 0 Å². The average molecular weight is 636 g/mol. The Morgan fingerprint density at radius 2 is 0.960 bits per heavy atom. The van der Waals surface area contributed by atoms with Gasteiger partial charge in [0, 0.05) is 16.7 Å². The molecule has 0 aliphatic carbocycles. The van der Waals surface area contributed by atoms with Crippen LogP contribution in [0.1, 0.15) is 5.56 Å². The van der Waals surface area contributed by atoms with Gasteiger partial charge in [-0.1, -0.05) is 140 Å². The molecule has 3 heteroatoms. The van der Waals surface area contributed by atoms with Gasteiger partial charge in [-0.2, -0.15) is 5.26 Å². The molecule has 0 spiro atoms. The number of hydrogen-bond acceptors (Lipinski definition) is 3. The topological polar surface area (TPSA) is 49.6 Å². The Bertz CT molecular complexity index is 2760. The van der Waals surface area contributed by atoms with Crippen LogP contribution in [0.15, 0.2) is 176 Å². The largest absolute Gasteiger partial charge is 0.228 e. The van der Waals surface area contributed by atoms with E-state index in [0.717, 1.165) is 44.8 Å². The quantitative estimate of drug-likeness (QED) is 0.140. The maximum absolute atomic E-state index is 9.28. The first-order chi connectivity index (χ1) is 24.7. The van der Waals surface area contributed by atoms with E-state index >= 15 is 0 Å². The van der Waals surface area contributed by atoms with Crippen LogP contribution in [-0.4, -0.2) is 9.97 Å². The van der Waals surface area contributed by atoms with Gasteiger partial charge in [-0.15, -0.1) is 0 Å². The van der Waals surface area contributed by atoms with Crippen molar-refractivity contribution < 1.29 is 0 Å². The van der Waals surface area contributed by atoms with Gasteiger partial charge in [-0.05, 0) is 91.0 Å². The molecular formula is C47H29N3. The lowest BCUT2D eigenvalue weighted by Crippen LogP contribution is -1.96. The molecule has 0 aliphatic heterocycles. The zero-order valence-electron chi connectivity index (χ0n) is 27.1. The van der Waals surface area contributed by atoms with E-state index in [1.165, 1.54) is 37.9 Å². The van der Waals surface area contributed by atoms with Crippen LogP contribution in [0, 0.1) is 11.3 Å². The maximum atomic E-state index is 9.28. The summed E-state index contributed by atoms with van der Waals surface area (Å²) in [5, 5.41) is 16.7. The molecule has 0 unspecified atom stereocenters. The van der Waals surface area contributed by atoms with Crippen molar-refractivity contribution in [1.29, 1.82) is 5.26 Å². The molecule has 9 rings (SSSR count). The number of fused-ring (bicyclic) bond motifs is 4. The molecule has 0 radical (unpaired) electrons. The van der Waals surface area contributed by atoms with Gasteiger partial charge in [0.25, 0.3) is 0 Å². The van der Waals surface area contributed by atoms with Gasteiger partial charge in [0.1, 0.15) is 0 Å². The van der Waals surface area contributed by atoms with Gasteiger partial charge in [-0.3, -0.25) is 0 Å². The Morgan fingerprint density at radius 1 is 0.360 bits per heavy atom. The molecule has 0 bridgehead atoms. The summed E-state index contributed by atoms with van der Waals surface area (Å²) in [7, 11) is 0. The van der Waals surface area contributed by atoms with Crippen molar-refractivity contribution in [2.24, 2.45) is 0 Å². The molecule has 0 fully saturated rings. The molecule has 9 aromatic rings. The Kier molecular flexibility index (Phi) is 7.19. The fraction of sp³-hybridized carbons (Fsp3) is 0. The fourth-order valence-electron chi connectivity index (χ4n) is 7.02. The van der Waals surface area contributed by atoms with Crippen LogP contribution in [-0.2, 0) is 0 Å². The Hall–Kier alpha value is -6.89. The van der Waals surface area contributed by atoms with Crippen molar-refractivity contribution in [3.05, 3.63) is 181 Å². The summed E-state index contributed by atoms with van der Waals surface area (Å²) in [6.45, 7) is 0. The molecule has 0 amide bonds. The number of rotatable bonds is 5. The van der Waals surface area contributed by atoms with E-state index in [9.17, 15) is 5.26 Å². The van der Waals surface area contributed by atoms with E-state index in [0.29, 0.717) is 11.4 Å². The summed E-state index contributed by atoms with van der Waals surface area (Å²) in [6.07, 6.45) is 0. The minimum absolute atomic E-state index is 0.643. The molecule has 1 aromatic heterocycles. The lowest BCUT2D eigenvalue weighted by molar-refractivity contribution is 1.18. The van der Waals surface area contributed by atoms with E-state index in [-0.39, 0.29) is 0 Å². The second-order valence-electron chi connectivity index (χ2n) is 12.5. The number of aromatic nitrogens is 2. The minimum Gasteiger partial charge on any atom is -0.228 e. The summed E-state index contributed by atoms with van der Waals surface area (Å²) in [5.41, 5.74) is 9.79. The van der Waals surface area contributed by atoms with Crippen molar-refractivity contribution in [3.8, 4) is 62.2 Å². The first kappa shape index (κ1) is 29.3. The number of hydrogen-bond donors (Lipinski definition) is 0. The molecule has 50 heavy (non-hydrogen) atoms. The number of nitriles is 1. The van der Waals surface area contributed by atoms with Gasteiger partial charge < -0.3 is 0 Å². The van der Waals surface area contributed by atoms with Crippen LogP contribution in [0.25, 0.3) is 88.5 Å². The van der Waals surface area contributed by atoms with Gasteiger partial charge >= 0.3 is 0 Å². The van der Waals surface area contributed by atoms with Gasteiger partial charge in [-0.25, -0.2) is 9.97 Å². The smallest absolute Gasteiger partial charge is 0.160 e. The molecule has 0 atom stereocenters. The predicted molar refractivity (Wildman–Crippen MR) is 206 cm³/mol. The van der Waals surface area contributed by atoms with E-state index in [4.69, 9.17) is 9.97 Å².